The molecule has 1 aromatic rings. The first-order valence-electron chi connectivity index (χ1n) is 7.73. The predicted octanol–water partition coefficient (Wildman–Crippen LogP) is 2.19. The van der Waals surface area contributed by atoms with Crippen LogP contribution in [0.4, 0.5) is 0 Å². The van der Waals surface area contributed by atoms with Crippen molar-refractivity contribution in [3.63, 3.8) is 0 Å². The molecule has 0 aliphatic carbocycles. The fraction of sp³-hybridized carbons (Fsp3) is 0.688. The number of piperidine rings is 1. The number of aryl methyl sites for hydroxylation is 1. The quantitative estimate of drug-likeness (QED) is 0.837. The van der Waals surface area contributed by atoms with E-state index in [1.165, 1.54) is 37.1 Å². The molecule has 1 aliphatic heterocycles. The summed E-state index contributed by atoms with van der Waals surface area (Å²) in [5.74, 6) is 0.848. The first-order chi connectivity index (χ1) is 9.63. The molecule has 0 aromatic carbocycles. The molecule has 0 amide bonds. The van der Waals surface area contributed by atoms with E-state index in [4.69, 9.17) is 0 Å². The van der Waals surface area contributed by atoms with Gasteiger partial charge in [-0.25, -0.2) is 0 Å². The van der Waals surface area contributed by atoms with Crippen molar-refractivity contribution in [1.29, 1.82) is 0 Å². The van der Waals surface area contributed by atoms with Crippen molar-refractivity contribution in [2.24, 2.45) is 13.0 Å². The maximum absolute atomic E-state index is 4.20. The van der Waals surface area contributed by atoms with Crippen molar-refractivity contribution >= 4 is 6.08 Å². The zero-order valence-electron chi connectivity index (χ0n) is 13.0. The Labute approximate surface area is 122 Å². The van der Waals surface area contributed by atoms with Crippen LogP contribution in [0.5, 0.6) is 0 Å². The summed E-state index contributed by atoms with van der Waals surface area (Å²) in [5, 5.41) is 11.3. The van der Waals surface area contributed by atoms with Crippen LogP contribution in [0, 0.1) is 5.92 Å². The Kier molecular flexibility index (Phi) is 5.80. The highest BCUT2D eigenvalue weighted by Gasteiger charge is 2.13. The molecule has 2 heterocycles. The van der Waals surface area contributed by atoms with E-state index in [0.717, 1.165) is 18.9 Å². The second-order valence-electron chi connectivity index (χ2n) is 6.14. The number of hydrogen-bond donors (Lipinski definition) is 2. The molecule has 4 heteroatoms. The molecular weight excluding hydrogens is 248 g/mol. The van der Waals surface area contributed by atoms with Crippen molar-refractivity contribution < 1.29 is 0 Å². The first-order valence-corrected chi connectivity index (χ1v) is 7.73. The van der Waals surface area contributed by atoms with Crippen LogP contribution in [0.25, 0.3) is 6.08 Å². The van der Waals surface area contributed by atoms with Gasteiger partial charge in [0.25, 0.3) is 0 Å². The molecule has 1 aromatic heterocycles. The van der Waals surface area contributed by atoms with Gasteiger partial charge in [-0.15, -0.1) is 0 Å². The topological polar surface area (TPSA) is 41.9 Å². The average Bonchev–Trinajstić information content (AvgIpc) is 2.83. The fourth-order valence-corrected chi connectivity index (χ4v) is 2.87. The molecule has 0 spiro atoms. The van der Waals surface area contributed by atoms with Crippen LogP contribution < -0.4 is 10.6 Å². The summed E-state index contributed by atoms with van der Waals surface area (Å²) in [4.78, 5) is 0. The lowest BCUT2D eigenvalue weighted by Crippen LogP contribution is -2.36. The van der Waals surface area contributed by atoms with Gasteiger partial charge >= 0.3 is 0 Å². The summed E-state index contributed by atoms with van der Waals surface area (Å²) in [6.45, 7) is 8.00. The molecule has 20 heavy (non-hydrogen) atoms. The number of aromatic nitrogens is 2. The number of nitrogens with zero attached hydrogens (tertiary/aromatic N) is 2. The van der Waals surface area contributed by atoms with Crippen LogP contribution in [0.15, 0.2) is 18.0 Å². The Morgan fingerprint density at radius 2 is 2.30 bits per heavy atom. The summed E-state index contributed by atoms with van der Waals surface area (Å²) in [7, 11) is 1.95. The third kappa shape index (κ3) is 5.10. The molecule has 112 valence electrons. The first kappa shape index (κ1) is 15.3. The number of nitrogens with one attached hydrogen (secondary N) is 2. The van der Waals surface area contributed by atoms with Gasteiger partial charge in [0.2, 0.25) is 0 Å². The van der Waals surface area contributed by atoms with Crippen LogP contribution in [0.3, 0.4) is 0 Å². The molecule has 1 aliphatic rings. The molecule has 4 nitrogen and oxygen atoms in total. The van der Waals surface area contributed by atoms with E-state index < -0.39 is 0 Å². The minimum absolute atomic E-state index is 0.540. The zero-order valence-corrected chi connectivity index (χ0v) is 13.0. The molecule has 1 saturated heterocycles. The van der Waals surface area contributed by atoms with E-state index in [1.54, 1.807) is 0 Å². The van der Waals surface area contributed by atoms with Crippen LogP contribution in [0.1, 0.15) is 38.7 Å². The third-order valence-electron chi connectivity index (χ3n) is 3.98. The van der Waals surface area contributed by atoms with E-state index >= 15 is 0 Å². The average molecular weight is 276 g/mol. The van der Waals surface area contributed by atoms with Gasteiger partial charge in [0.15, 0.2) is 0 Å². The molecule has 0 radical (unpaired) electrons. The standard InChI is InChI=1S/C16H28N4/c1-13(9-16-11-19-20(3)12-16)8-14(2)18-10-15-4-6-17-7-5-15/h9,11-12,14-15,17-18H,4-8,10H2,1-3H3/b13-9+. The van der Waals surface area contributed by atoms with Crippen LogP contribution in [0.2, 0.25) is 0 Å². The Balaban J connectivity index is 1.72. The summed E-state index contributed by atoms with van der Waals surface area (Å²) >= 11 is 0. The minimum Gasteiger partial charge on any atom is -0.317 e. The van der Waals surface area contributed by atoms with Crippen molar-refractivity contribution in [2.45, 2.75) is 39.2 Å². The van der Waals surface area contributed by atoms with Crippen molar-refractivity contribution in [3.05, 3.63) is 23.5 Å². The van der Waals surface area contributed by atoms with E-state index in [-0.39, 0.29) is 0 Å². The molecule has 1 unspecified atom stereocenters. The Morgan fingerprint density at radius 1 is 1.55 bits per heavy atom. The Morgan fingerprint density at radius 3 is 2.95 bits per heavy atom. The normalized spacial score (nSPS) is 19.2. The van der Waals surface area contributed by atoms with E-state index in [9.17, 15) is 0 Å². The van der Waals surface area contributed by atoms with Crippen molar-refractivity contribution in [2.75, 3.05) is 19.6 Å². The second kappa shape index (κ2) is 7.60. The number of hydrogen-bond acceptors (Lipinski definition) is 3. The Hall–Kier alpha value is -1.13. The summed E-state index contributed by atoms with van der Waals surface area (Å²) in [6, 6.07) is 0.540. The van der Waals surface area contributed by atoms with Gasteiger partial charge in [0.1, 0.15) is 0 Å². The SMILES string of the molecule is C/C(=C\c1cnn(C)c1)CC(C)NCC1CCNCC1. The summed E-state index contributed by atoms with van der Waals surface area (Å²) < 4.78 is 1.85. The van der Waals surface area contributed by atoms with E-state index in [2.05, 4.69) is 41.9 Å². The lowest BCUT2D eigenvalue weighted by Gasteiger charge is -2.25. The van der Waals surface area contributed by atoms with Gasteiger partial charge in [-0.2, -0.15) is 5.10 Å². The van der Waals surface area contributed by atoms with Crippen molar-refractivity contribution in [1.82, 2.24) is 20.4 Å². The fourth-order valence-electron chi connectivity index (χ4n) is 2.87. The monoisotopic (exact) mass is 276 g/mol. The lowest BCUT2D eigenvalue weighted by molar-refractivity contribution is 0.343. The van der Waals surface area contributed by atoms with Gasteiger partial charge in [0, 0.05) is 24.8 Å². The van der Waals surface area contributed by atoms with E-state index in [0.29, 0.717) is 6.04 Å². The highest BCUT2D eigenvalue weighted by molar-refractivity contribution is 5.50. The van der Waals surface area contributed by atoms with Crippen LogP contribution in [-0.2, 0) is 7.05 Å². The maximum atomic E-state index is 4.20. The van der Waals surface area contributed by atoms with Gasteiger partial charge in [-0.1, -0.05) is 11.6 Å². The highest BCUT2D eigenvalue weighted by Crippen LogP contribution is 2.13. The van der Waals surface area contributed by atoms with Gasteiger partial charge in [-0.05, 0) is 58.7 Å². The largest absolute Gasteiger partial charge is 0.317 e. The Bertz CT molecular complexity index is 429. The van der Waals surface area contributed by atoms with Crippen molar-refractivity contribution in [3.8, 4) is 0 Å². The third-order valence-corrected chi connectivity index (χ3v) is 3.98. The zero-order chi connectivity index (χ0) is 14.4. The molecule has 2 rings (SSSR count). The summed E-state index contributed by atoms with van der Waals surface area (Å²) in [6.07, 6.45) is 9.91. The molecule has 1 fully saturated rings. The smallest absolute Gasteiger partial charge is 0.0562 e. The van der Waals surface area contributed by atoms with E-state index in [1.807, 2.05) is 17.9 Å². The summed E-state index contributed by atoms with van der Waals surface area (Å²) in [5.41, 5.74) is 2.60. The van der Waals surface area contributed by atoms with Crippen LogP contribution in [-0.4, -0.2) is 35.5 Å². The molecule has 1 atom stereocenters. The molecular formula is C16H28N4. The second-order valence-corrected chi connectivity index (χ2v) is 6.14. The molecule has 0 bridgehead atoms. The van der Waals surface area contributed by atoms with Gasteiger partial charge in [-0.3, -0.25) is 4.68 Å². The van der Waals surface area contributed by atoms with Gasteiger partial charge < -0.3 is 10.6 Å². The predicted molar refractivity (Wildman–Crippen MR) is 84.5 cm³/mol. The molecule has 0 saturated carbocycles. The van der Waals surface area contributed by atoms with Gasteiger partial charge in [0.05, 0.1) is 6.20 Å². The van der Waals surface area contributed by atoms with Crippen LogP contribution >= 0.6 is 0 Å². The number of rotatable bonds is 6. The lowest BCUT2D eigenvalue weighted by atomic mass is 9.97. The minimum atomic E-state index is 0.540. The molecule has 2 N–H and O–H groups in total. The highest BCUT2D eigenvalue weighted by atomic mass is 15.2. The maximum Gasteiger partial charge on any atom is 0.0562 e.